The number of pyridine rings is 1. The number of amidine groups is 1. The van der Waals surface area contributed by atoms with Crippen molar-refractivity contribution in [2.75, 3.05) is 0 Å². The third kappa shape index (κ3) is 22.0. The number of allylic oxidation sites excluding steroid dienone is 1. The summed E-state index contributed by atoms with van der Waals surface area (Å²) >= 11 is 0. The molecule has 0 saturated heterocycles. The highest BCUT2D eigenvalue weighted by Crippen LogP contribution is 2.09. The summed E-state index contributed by atoms with van der Waals surface area (Å²) in [6.45, 7) is 21.8. The lowest BCUT2D eigenvalue weighted by Gasteiger charge is -2.13. The minimum Gasteiger partial charge on any atom is -0.388 e. The maximum Gasteiger partial charge on any atom is 0.159 e. The van der Waals surface area contributed by atoms with Gasteiger partial charge in [-0.1, -0.05) is 53.0 Å². The van der Waals surface area contributed by atoms with Crippen molar-refractivity contribution in [3.63, 3.8) is 0 Å². The summed E-state index contributed by atoms with van der Waals surface area (Å²) in [6.07, 6.45) is 6.79. The van der Waals surface area contributed by atoms with E-state index in [4.69, 9.17) is 5.73 Å². The van der Waals surface area contributed by atoms with Crippen LogP contribution >= 0.6 is 0 Å². The zero-order chi connectivity index (χ0) is 21.8. The lowest BCUT2D eigenvalue weighted by atomic mass is 10.0. The molecule has 4 nitrogen and oxygen atoms in total. The van der Waals surface area contributed by atoms with Gasteiger partial charge in [-0.05, 0) is 52.2 Å². The Morgan fingerprint density at radius 2 is 1.63 bits per heavy atom. The van der Waals surface area contributed by atoms with E-state index in [-0.39, 0.29) is 5.78 Å². The average molecular weight is 378 g/mol. The van der Waals surface area contributed by atoms with Crippen molar-refractivity contribution in [2.45, 2.75) is 87.6 Å². The van der Waals surface area contributed by atoms with Crippen molar-refractivity contribution < 1.29 is 4.79 Å². The molecule has 2 N–H and O–H groups in total. The average Bonchev–Trinajstić information content (AvgIpc) is 2.63. The Kier molecular flexibility index (Phi) is 22.4. The molecule has 156 valence electrons. The predicted molar refractivity (Wildman–Crippen MR) is 122 cm³/mol. The summed E-state index contributed by atoms with van der Waals surface area (Å²) in [5.74, 6) is 1.41. The second-order valence-electron chi connectivity index (χ2n) is 6.40. The van der Waals surface area contributed by atoms with E-state index in [0.29, 0.717) is 23.4 Å². The number of carbonyl (C=O) groups excluding carboxylic acids is 1. The first-order chi connectivity index (χ1) is 12.6. The summed E-state index contributed by atoms with van der Waals surface area (Å²) in [4.78, 5) is 18.6. The van der Waals surface area contributed by atoms with Gasteiger partial charge < -0.3 is 5.73 Å². The fraction of sp³-hybridized carbons (Fsp3) is 0.609. The molecule has 0 aliphatic heterocycles. The second-order valence-corrected chi connectivity index (χ2v) is 6.40. The number of aromatic nitrogens is 1. The number of hydrogen-bond acceptors (Lipinski definition) is 3. The van der Waals surface area contributed by atoms with Crippen LogP contribution in [0, 0.1) is 5.92 Å². The van der Waals surface area contributed by atoms with E-state index in [2.05, 4.69) is 51.2 Å². The number of Topliss-reactive ketones (excluding diaryl/α,β-unsaturated/α-hetero) is 1. The lowest BCUT2D eigenvalue weighted by Crippen LogP contribution is -2.16. The van der Waals surface area contributed by atoms with Gasteiger partial charge in [0.05, 0.1) is 11.9 Å². The molecule has 0 aromatic carbocycles. The smallest absolute Gasteiger partial charge is 0.159 e. The summed E-state index contributed by atoms with van der Waals surface area (Å²) in [7, 11) is 0. The van der Waals surface area contributed by atoms with Gasteiger partial charge in [0.15, 0.2) is 5.78 Å². The van der Waals surface area contributed by atoms with Crippen LogP contribution in [0.25, 0.3) is 0 Å². The fourth-order valence-corrected chi connectivity index (χ4v) is 1.80. The highest BCUT2D eigenvalue weighted by atomic mass is 16.1. The molecule has 2 atom stereocenters. The molecular formula is C23H43N3O. The molecule has 0 amide bonds. The van der Waals surface area contributed by atoms with Crippen LogP contribution in [0.4, 0.5) is 0 Å². The quantitative estimate of drug-likeness (QED) is 0.267. The summed E-state index contributed by atoms with van der Waals surface area (Å²) < 4.78 is 0. The maximum absolute atomic E-state index is 10.6. The molecule has 2 unspecified atom stereocenters. The number of carbonyl (C=O) groups is 1. The number of aliphatic imine (C=N–C) groups is 1. The number of nitrogens with zero attached hydrogens (tertiary/aromatic N) is 2. The monoisotopic (exact) mass is 377 g/mol. The van der Waals surface area contributed by atoms with Crippen LogP contribution in [0.1, 0.15) is 91.9 Å². The molecule has 0 radical (unpaired) electrons. The molecule has 0 aliphatic carbocycles. The summed E-state index contributed by atoms with van der Waals surface area (Å²) in [5.41, 5.74) is 7.44. The van der Waals surface area contributed by atoms with E-state index in [1.165, 1.54) is 25.3 Å². The normalized spacial score (nSPS) is 12.0. The summed E-state index contributed by atoms with van der Waals surface area (Å²) in [6, 6.07) is 3.76. The molecule has 1 aromatic rings. The number of rotatable bonds is 6. The van der Waals surface area contributed by atoms with Gasteiger partial charge in [-0.25, -0.2) is 0 Å². The van der Waals surface area contributed by atoms with Gasteiger partial charge in [-0.2, -0.15) is 0 Å². The molecule has 1 heterocycles. The van der Waals surface area contributed by atoms with Crippen molar-refractivity contribution >= 4 is 11.6 Å². The SMILES string of the molecule is C=C(C)CCC.CC.CC(=O)c1ccncc1.CCC(C)C(C)N=C(C)N. The summed E-state index contributed by atoms with van der Waals surface area (Å²) in [5, 5.41) is 0. The molecule has 0 fully saturated rings. The molecule has 4 heteroatoms. The van der Waals surface area contributed by atoms with Crippen LogP contribution < -0.4 is 5.73 Å². The molecule has 1 rings (SSSR count). The molecule has 1 aromatic heterocycles. The van der Waals surface area contributed by atoms with Crippen molar-refractivity contribution in [3.05, 3.63) is 42.2 Å². The second kappa shape index (κ2) is 20.3. The van der Waals surface area contributed by atoms with E-state index in [1.54, 1.807) is 24.5 Å². The van der Waals surface area contributed by atoms with Crippen LogP contribution in [-0.2, 0) is 0 Å². The van der Waals surface area contributed by atoms with E-state index < -0.39 is 0 Å². The van der Waals surface area contributed by atoms with Crippen LogP contribution in [0.15, 0.2) is 41.7 Å². The molecule has 27 heavy (non-hydrogen) atoms. The molecule has 0 bridgehead atoms. The van der Waals surface area contributed by atoms with Gasteiger partial charge in [0.25, 0.3) is 0 Å². The Labute approximate surface area is 168 Å². The fourth-order valence-electron chi connectivity index (χ4n) is 1.80. The third-order valence-electron chi connectivity index (χ3n) is 3.64. The Morgan fingerprint density at radius 3 is 1.85 bits per heavy atom. The van der Waals surface area contributed by atoms with Crippen LogP contribution in [0.5, 0.6) is 0 Å². The zero-order valence-electron chi connectivity index (χ0n) is 19.2. The molecule has 0 spiro atoms. The van der Waals surface area contributed by atoms with Gasteiger partial charge in [-0.15, -0.1) is 6.58 Å². The van der Waals surface area contributed by atoms with E-state index >= 15 is 0 Å². The van der Waals surface area contributed by atoms with Gasteiger partial charge >= 0.3 is 0 Å². The number of hydrogen-bond donors (Lipinski definition) is 1. The first-order valence-corrected chi connectivity index (χ1v) is 10.0. The van der Waals surface area contributed by atoms with Crippen LogP contribution in [0.3, 0.4) is 0 Å². The van der Waals surface area contributed by atoms with Crippen molar-refractivity contribution in [2.24, 2.45) is 16.6 Å². The van der Waals surface area contributed by atoms with E-state index in [9.17, 15) is 4.79 Å². The molecule has 0 aliphatic rings. The van der Waals surface area contributed by atoms with E-state index in [1.807, 2.05) is 20.8 Å². The Morgan fingerprint density at radius 1 is 1.15 bits per heavy atom. The largest absolute Gasteiger partial charge is 0.388 e. The Hall–Kier alpha value is -1.97. The van der Waals surface area contributed by atoms with Crippen molar-refractivity contribution in [1.29, 1.82) is 0 Å². The molecular weight excluding hydrogens is 334 g/mol. The lowest BCUT2D eigenvalue weighted by molar-refractivity contribution is 0.101. The Balaban J connectivity index is -0.000000314. The van der Waals surface area contributed by atoms with Gasteiger partial charge in [0.2, 0.25) is 0 Å². The Bertz CT molecular complexity index is 506. The third-order valence-corrected chi connectivity index (χ3v) is 3.64. The number of ketones is 1. The molecule has 0 saturated carbocycles. The van der Waals surface area contributed by atoms with Crippen molar-refractivity contribution in [1.82, 2.24) is 4.98 Å². The first-order valence-electron chi connectivity index (χ1n) is 10.0. The highest BCUT2D eigenvalue weighted by Gasteiger charge is 2.07. The van der Waals surface area contributed by atoms with Gasteiger partial charge in [-0.3, -0.25) is 14.8 Å². The standard InChI is InChI=1S/C8H18N2.C7H7NO.C6H12.C2H6/c1-5-6(2)7(3)10-8(4)9;1-6(9)7-2-4-8-5-3-7;1-4-5-6(2)3;1-2/h6-7H,5H2,1-4H3,(H2,9,10);2-5H,1H3;2,4-5H2,1,3H3;1-2H3. The maximum atomic E-state index is 10.6. The van der Waals surface area contributed by atoms with Gasteiger partial charge in [0, 0.05) is 18.0 Å². The van der Waals surface area contributed by atoms with Gasteiger partial charge in [0.1, 0.15) is 0 Å². The minimum atomic E-state index is 0.0809. The first kappa shape index (κ1) is 29.8. The number of nitrogens with two attached hydrogens (primary N) is 1. The van der Waals surface area contributed by atoms with Crippen LogP contribution in [-0.4, -0.2) is 22.6 Å². The highest BCUT2D eigenvalue weighted by molar-refractivity contribution is 5.93. The topological polar surface area (TPSA) is 68.3 Å². The minimum absolute atomic E-state index is 0.0809. The van der Waals surface area contributed by atoms with E-state index in [0.717, 1.165) is 6.42 Å². The predicted octanol–water partition coefficient (Wildman–Crippen LogP) is 6.47. The van der Waals surface area contributed by atoms with Crippen molar-refractivity contribution in [3.8, 4) is 0 Å². The van der Waals surface area contributed by atoms with Crippen LogP contribution in [0.2, 0.25) is 0 Å². The zero-order valence-corrected chi connectivity index (χ0v) is 19.2.